The molecule has 2 heterocycles. The number of amidine groups is 1. The molecular weight excluding hydrogens is 489 g/mol. The van der Waals surface area contributed by atoms with Gasteiger partial charge in [-0.1, -0.05) is 20.8 Å². The van der Waals surface area contributed by atoms with Crippen molar-refractivity contribution in [2.24, 2.45) is 4.99 Å². The van der Waals surface area contributed by atoms with Crippen molar-refractivity contribution in [2.45, 2.75) is 46.6 Å². The number of Topliss-reactive ketones (excluding diaryl/α,β-unsaturated/α-hetero) is 1. The number of carbonyl (C=O) groups is 1. The number of halogens is 1. The van der Waals surface area contributed by atoms with Gasteiger partial charge in [-0.3, -0.25) is 10.2 Å². The summed E-state index contributed by atoms with van der Waals surface area (Å²) in [5.41, 5.74) is 2.30. The number of aliphatic imine (C=N–C) groups is 1. The molecule has 2 aromatic carbocycles. The molecule has 2 aliphatic heterocycles. The van der Waals surface area contributed by atoms with E-state index in [1.165, 1.54) is 6.34 Å². The average Bonchev–Trinajstić information content (AvgIpc) is 3.18. The number of hydrogen-bond acceptors (Lipinski definition) is 7. The maximum Gasteiger partial charge on any atom is 0.207 e. The molecule has 0 atom stereocenters. The number of rotatable bonds is 8. The molecule has 0 spiro atoms. The van der Waals surface area contributed by atoms with Crippen LogP contribution in [0.25, 0.3) is 0 Å². The van der Waals surface area contributed by atoms with Crippen LogP contribution in [0.1, 0.15) is 61.7 Å². The Labute approximate surface area is 221 Å². The van der Waals surface area contributed by atoms with E-state index < -0.39 is 5.82 Å². The Balaban J connectivity index is 1.68. The summed E-state index contributed by atoms with van der Waals surface area (Å²) in [6.45, 7) is 11.2. The molecule has 0 bridgehead atoms. The number of benzene rings is 2. The van der Waals surface area contributed by atoms with Crippen LogP contribution >= 0.6 is 0 Å². The lowest BCUT2D eigenvalue weighted by atomic mass is 9.84. The van der Waals surface area contributed by atoms with E-state index >= 15 is 4.39 Å². The van der Waals surface area contributed by atoms with Crippen LogP contribution in [0.5, 0.6) is 17.2 Å². The largest absolute Gasteiger partial charge is 0.490 e. The zero-order chi connectivity index (χ0) is 27.6. The fourth-order valence-electron chi connectivity index (χ4n) is 4.70. The maximum atomic E-state index is 15.4. The number of ether oxygens (including phenoxy) is 3. The minimum Gasteiger partial charge on any atom is -0.490 e. The molecule has 0 amide bonds. The van der Waals surface area contributed by atoms with E-state index in [4.69, 9.17) is 24.9 Å². The fraction of sp³-hybridized carbons (Fsp3) is 0.429. The van der Waals surface area contributed by atoms with Crippen LogP contribution in [0, 0.1) is 22.7 Å². The molecule has 0 unspecified atom stereocenters. The van der Waals surface area contributed by atoms with Gasteiger partial charge in [-0.2, -0.15) is 10.3 Å². The van der Waals surface area contributed by atoms with Crippen LogP contribution in [0.4, 0.5) is 10.1 Å². The van der Waals surface area contributed by atoms with Gasteiger partial charge in [-0.25, -0.2) is 4.39 Å². The Hall–Kier alpha value is -4.13. The third-order valence-corrected chi connectivity index (χ3v) is 6.45. The van der Waals surface area contributed by atoms with Crippen LogP contribution in [0.3, 0.4) is 0 Å². The van der Waals surface area contributed by atoms with Crippen LogP contribution in [-0.2, 0) is 12.0 Å². The zero-order valence-corrected chi connectivity index (χ0v) is 22.4. The number of carbonyl (C=O) groups excluding carboxylic acids is 1. The second-order valence-electron chi connectivity index (χ2n) is 10.1. The lowest BCUT2D eigenvalue weighted by Gasteiger charge is -2.33. The summed E-state index contributed by atoms with van der Waals surface area (Å²) in [5.74, 6) is -0.0324. The molecule has 0 aromatic heterocycles. The fourth-order valence-corrected chi connectivity index (χ4v) is 4.70. The lowest BCUT2D eigenvalue weighted by molar-refractivity contribution is 0.0962. The highest BCUT2D eigenvalue weighted by Gasteiger charge is 2.34. The number of nitrogens with one attached hydrogen (secondary N) is 1. The molecule has 38 heavy (non-hydrogen) atoms. The van der Waals surface area contributed by atoms with Crippen molar-refractivity contribution in [2.75, 3.05) is 37.8 Å². The van der Waals surface area contributed by atoms with Crippen molar-refractivity contribution in [1.29, 1.82) is 10.7 Å². The second kappa shape index (κ2) is 10.7. The van der Waals surface area contributed by atoms with E-state index in [2.05, 4.69) is 4.99 Å². The van der Waals surface area contributed by atoms with Gasteiger partial charge in [0.05, 0.1) is 37.6 Å². The average molecular weight is 522 g/mol. The van der Waals surface area contributed by atoms with E-state index in [9.17, 15) is 4.79 Å². The molecule has 0 fully saturated rings. The summed E-state index contributed by atoms with van der Waals surface area (Å²) in [4.78, 5) is 20.6. The molecule has 4 rings (SSSR count). The van der Waals surface area contributed by atoms with Crippen LogP contribution in [-0.4, -0.2) is 55.8 Å². The lowest BCUT2D eigenvalue weighted by Crippen LogP contribution is -2.34. The van der Waals surface area contributed by atoms with E-state index in [1.54, 1.807) is 42.0 Å². The monoisotopic (exact) mass is 521 g/mol. The quantitative estimate of drug-likeness (QED) is 0.233. The Bertz CT molecular complexity index is 1340. The minimum atomic E-state index is -0.652. The molecular formula is C28H32FN5O4. The van der Waals surface area contributed by atoms with E-state index in [0.29, 0.717) is 42.3 Å². The predicted molar refractivity (Wildman–Crippen MR) is 142 cm³/mol. The first-order valence-electron chi connectivity index (χ1n) is 12.6. The Kier molecular flexibility index (Phi) is 7.58. The standard InChI is InChI=1S/C28H32FN5O4/c1-6-36-22-12-18-13-34(27(31)23(18)24(29)26(22)37-7-2)14-21(35)17-10-19(28(3,4)5)25-20(11-17)33(8-9-38-25)16-32-15-30/h10-12,16,31H,6-9,13-14H2,1-5H3. The Morgan fingerprint density at radius 3 is 2.66 bits per heavy atom. The van der Waals surface area contributed by atoms with E-state index in [-0.39, 0.29) is 53.8 Å². The van der Waals surface area contributed by atoms with Crippen LogP contribution < -0.4 is 19.1 Å². The van der Waals surface area contributed by atoms with E-state index in [0.717, 1.165) is 5.56 Å². The normalized spacial score (nSPS) is 14.7. The molecule has 9 nitrogen and oxygen atoms in total. The van der Waals surface area contributed by atoms with Crippen molar-refractivity contribution in [3.63, 3.8) is 0 Å². The molecule has 0 saturated heterocycles. The summed E-state index contributed by atoms with van der Waals surface area (Å²) < 4.78 is 32.5. The summed E-state index contributed by atoms with van der Waals surface area (Å²) >= 11 is 0. The second-order valence-corrected chi connectivity index (χ2v) is 10.1. The van der Waals surface area contributed by atoms with Gasteiger partial charge in [-0.15, -0.1) is 0 Å². The number of nitrogens with zero attached hydrogens (tertiary/aromatic N) is 4. The summed E-state index contributed by atoms with van der Waals surface area (Å²) in [5, 5.41) is 17.6. The number of hydrogen-bond donors (Lipinski definition) is 1. The summed E-state index contributed by atoms with van der Waals surface area (Å²) in [6, 6.07) is 5.23. The van der Waals surface area contributed by atoms with Crippen molar-refractivity contribution >= 4 is 23.6 Å². The van der Waals surface area contributed by atoms with Gasteiger partial charge in [0.1, 0.15) is 24.5 Å². The molecule has 0 radical (unpaired) electrons. The topological polar surface area (TPSA) is 111 Å². The molecule has 0 aliphatic carbocycles. The number of fused-ring (bicyclic) bond motifs is 2. The van der Waals surface area contributed by atoms with E-state index in [1.807, 2.05) is 26.8 Å². The maximum absolute atomic E-state index is 15.4. The highest BCUT2D eigenvalue weighted by atomic mass is 19.1. The highest BCUT2D eigenvalue weighted by molar-refractivity contribution is 6.06. The van der Waals surface area contributed by atoms with Crippen molar-refractivity contribution in [1.82, 2.24) is 4.90 Å². The summed E-state index contributed by atoms with van der Waals surface area (Å²) in [7, 11) is 0. The number of ketones is 1. The number of nitriles is 1. The van der Waals surface area contributed by atoms with Gasteiger partial charge in [-0.05, 0) is 43.0 Å². The first kappa shape index (κ1) is 26.9. The SMILES string of the molecule is CCOc1cc2c(c(F)c1OCC)C(=N)N(CC(=O)c1cc3c(c(C(C)(C)C)c1)OCCN3C=NC#N)C2. The molecule has 2 aromatic rings. The van der Waals surface area contributed by atoms with Gasteiger partial charge < -0.3 is 24.0 Å². The molecule has 1 N–H and O–H groups in total. The zero-order valence-electron chi connectivity index (χ0n) is 22.4. The minimum absolute atomic E-state index is 0.0188. The van der Waals surface area contributed by atoms with Gasteiger partial charge in [0.25, 0.3) is 0 Å². The Morgan fingerprint density at radius 1 is 1.26 bits per heavy atom. The smallest absolute Gasteiger partial charge is 0.207 e. The molecule has 10 heteroatoms. The first-order valence-corrected chi connectivity index (χ1v) is 12.6. The van der Waals surface area contributed by atoms with Crippen LogP contribution in [0.2, 0.25) is 0 Å². The van der Waals surface area contributed by atoms with Crippen LogP contribution in [0.15, 0.2) is 23.2 Å². The molecule has 200 valence electrons. The summed E-state index contributed by atoms with van der Waals surface area (Å²) in [6.07, 6.45) is 3.19. The van der Waals surface area contributed by atoms with Gasteiger partial charge in [0.15, 0.2) is 23.1 Å². The van der Waals surface area contributed by atoms with Gasteiger partial charge in [0, 0.05) is 17.7 Å². The highest BCUT2D eigenvalue weighted by Crippen LogP contribution is 2.42. The van der Waals surface area contributed by atoms with Crippen molar-refractivity contribution in [3.05, 3.63) is 46.3 Å². The van der Waals surface area contributed by atoms with Crippen molar-refractivity contribution < 1.29 is 23.4 Å². The van der Waals surface area contributed by atoms with Crippen molar-refractivity contribution in [3.8, 4) is 23.4 Å². The van der Waals surface area contributed by atoms with Gasteiger partial charge in [0.2, 0.25) is 6.19 Å². The third-order valence-electron chi connectivity index (χ3n) is 6.45. The number of anilines is 1. The first-order chi connectivity index (χ1) is 18.1. The molecule has 0 saturated carbocycles. The van der Waals surface area contributed by atoms with Gasteiger partial charge >= 0.3 is 0 Å². The molecule has 2 aliphatic rings. The predicted octanol–water partition coefficient (Wildman–Crippen LogP) is 4.65. The Morgan fingerprint density at radius 2 is 2.00 bits per heavy atom. The third kappa shape index (κ3) is 5.01.